The zero-order valence-corrected chi connectivity index (χ0v) is 8.34. The molecule has 0 amide bonds. The van der Waals surface area contributed by atoms with E-state index in [4.69, 9.17) is 6.42 Å². The molecule has 1 nitrogen and oxygen atoms in total. The molecule has 1 aliphatic rings. The van der Waals surface area contributed by atoms with E-state index in [9.17, 15) is 0 Å². The van der Waals surface area contributed by atoms with E-state index in [-0.39, 0.29) is 0 Å². The normalized spacial score (nSPS) is 31.4. The molecule has 0 radical (unpaired) electrons. The van der Waals surface area contributed by atoms with Crippen molar-refractivity contribution in [1.82, 2.24) is 4.90 Å². The van der Waals surface area contributed by atoms with Gasteiger partial charge in [-0.3, -0.25) is 4.90 Å². The fourth-order valence-corrected chi connectivity index (χ4v) is 1.74. The van der Waals surface area contributed by atoms with Crippen LogP contribution in [0, 0.1) is 18.3 Å². The first-order valence-electron chi connectivity index (χ1n) is 3.50. The largest absolute Gasteiger partial charge is 0.294 e. The Morgan fingerprint density at radius 1 is 1.70 bits per heavy atom. The Labute approximate surface area is 76.3 Å². The second-order valence-electron chi connectivity index (χ2n) is 2.87. The molecule has 0 spiro atoms. The summed E-state index contributed by atoms with van der Waals surface area (Å²) in [6, 6.07) is 0.762. The highest BCUT2D eigenvalue weighted by Crippen LogP contribution is 2.30. The number of terminal acetylenes is 1. The summed E-state index contributed by atoms with van der Waals surface area (Å²) in [4.78, 5) is 2.36. The first-order chi connectivity index (χ1) is 4.77. The summed E-state index contributed by atoms with van der Waals surface area (Å²) in [5.41, 5.74) is 0. The molecule has 0 bridgehead atoms. The number of rotatable bonds is 2. The van der Waals surface area contributed by atoms with E-state index in [1.54, 1.807) is 0 Å². The summed E-state index contributed by atoms with van der Waals surface area (Å²) in [5.74, 6) is 3.35. The van der Waals surface area contributed by atoms with Crippen molar-refractivity contribution in [2.75, 3.05) is 11.6 Å². The first kappa shape index (κ1) is 8.35. The van der Waals surface area contributed by atoms with Crippen LogP contribution >= 0.6 is 22.6 Å². The van der Waals surface area contributed by atoms with E-state index in [2.05, 4.69) is 40.5 Å². The van der Waals surface area contributed by atoms with E-state index < -0.39 is 0 Å². The average molecular weight is 249 g/mol. The van der Waals surface area contributed by atoms with Crippen molar-refractivity contribution in [2.24, 2.45) is 5.92 Å². The van der Waals surface area contributed by atoms with Crippen molar-refractivity contribution in [2.45, 2.75) is 18.9 Å². The van der Waals surface area contributed by atoms with Crippen LogP contribution in [-0.4, -0.2) is 22.5 Å². The van der Waals surface area contributed by atoms with E-state index >= 15 is 0 Å². The van der Waals surface area contributed by atoms with Gasteiger partial charge in [0.05, 0.1) is 4.55 Å². The molecule has 0 aromatic heterocycles. The standard InChI is InChI=1S/C8H12IN/c1-3-7-4-8(5-7)10(2)6-9/h1,7-8H,4-6H2,2H3. The van der Waals surface area contributed by atoms with Crippen LogP contribution in [0.2, 0.25) is 0 Å². The van der Waals surface area contributed by atoms with Gasteiger partial charge in [-0.15, -0.1) is 12.3 Å². The van der Waals surface area contributed by atoms with Crippen molar-refractivity contribution in [1.29, 1.82) is 0 Å². The topological polar surface area (TPSA) is 3.24 Å². The molecule has 1 rings (SSSR count). The lowest BCUT2D eigenvalue weighted by Crippen LogP contribution is -2.41. The van der Waals surface area contributed by atoms with Gasteiger partial charge in [0.25, 0.3) is 0 Å². The Morgan fingerprint density at radius 3 is 2.70 bits per heavy atom. The van der Waals surface area contributed by atoms with Crippen molar-refractivity contribution >= 4 is 22.6 Å². The summed E-state index contributed by atoms with van der Waals surface area (Å²) in [6.45, 7) is 0. The highest BCUT2D eigenvalue weighted by atomic mass is 127. The summed E-state index contributed by atoms with van der Waals surface area (Å²) < 4.78 is 1.11. The smallest absolute Gasteiger partial charge is 0.0505 e. The quantitative estimate of drug-likeness (QED) is 0.312. The minimum atomic E-state index is 0.565. The molecule has 0 saturated heterocycles. The monoisotopic (exact) mass is 249 g/mol. The maximum atomic E-state index is 5.27. The predicted molar refractivity (Wildman–Crippen MR) is 52.0 cm³/mol. The number of alkyl halides is 1. The van der Waals surface area contributed by atoms with Crippen molar-refractivity contribution in [3.05, 3.63) is 0 Å². The first-order valence-corrected chi connectivity index (χ1v) is 5.02. The molecule has 0 N–H and O–H groups in total. The Balaban J connectivity index is 2.20. The Bertz CT molecular complexity index is 144. The molecule has 0 heterocycles. The second kappa shape index (κ2) is 3.59. The molecule has 0 atom stereocenters. The van der Waals surface area contributed by atoms with Crippen LogP contribution in [0.3, 0.4) is 0 Å². The Morgan fingerprint density at radius 2 is 2.30 bits per heavy atom. The van der Waals surface area contributed by atoms with Crippen LogP contribution in [0.15, 0.2) is 0 Å². The third-order valence-electron chi connectivity index (χ3n) is 2.16. The maximum Gasteiger partial charge on any atom is 0.0505 e. The fourth-order valence-electron chi connectivity index (χ4n) is 1.18. The number of halogens is 1. The van der Waals surface area contributed by atoms with Crippen LogP contribution < -0.4 is 0 Å². The van der Waals surface area contributed by atoms with Crippen molar-refractivity contribution < 1.29 is 0 Å². The van der Waals surface area contributed by atoms with Gasteiger partial charge in [-0.05, 0) is 19.9 Å². The van der Waals surface area contributed by atoms with Crippen LogP contribution in [0.25, 0.3) is 0 Å². The van der Waals surface area contributed by atoms with E-state index in [0.717, 1.165) is 10.6 Å². The Hall–Kier alpha value is 0.250. The van der Waals surface area contributed by atoms with Gasteiger partial charge in [-0.2, -0.15) is 0 Å². The van der Waals surface area contributed by atoms with Gasteiger partial charge in [0.2, 0.25) is 0 Å². The number of nitrogens with zero attached hydrogens (tertiary/aromatic N) is 1. The molecule has 2 heteroatoms. The SMILES string of the molecule is C#CC1CC(N(C)CI)C1. The zero-order valence-electron chi connectivity index (χ0n) is 6.18. The molecular weight excluding hydrogens is 237 g/mol. The van der Waals surface area contributed by atoms with Gasteiger partial charge in [0.15, 0.2) is 0 Å². The van der Waals surface area contributed by atoms with E-state index in [1.807, 2.05) is 0 Å². The third-order valence-corrected chi connectivity index (χ3v) is 3.24. The molecule has 0 unspecified atom stereocenters. The van der Waals surface area contributed by atoms with Gasteiger partial charge in [0.1, 0.15) is 0 Å². The fraction of sp³-hybridized carbons (Fsp3) is 0.750. The molecule has 10 heavy (non-hydrogen) atoms. The molecule has 0 aliphatic heterocycles. The zero-order chi connectivity index (χ0) is 7.56. The summed E-state index contributed by atoms with van der Waals surface area (Å²) in [5, 5.41) is 0. The lowest BCUT2D eigenvalue weighted by atomic mass is 9.80. The number of hydrogen-bond acceptors (Lipinski definition) is 1. The van der Waals surface area contributed by atoms with Gasteiger partial charge in [-0.1, -0.05) is 22.6 Å². The molecule has 1 saturated carbocycles. The third kappa shape index (κ3) is 1.64. The van der Waals surface area contributed by atoms with Crippen molar-refractivity contribution in [3.8, 4) is 12.3 Å². The van der Waals surface area contributed by atoms with Gasteiger partial charge >= 0.3 is 0 Å². The Kier molecular flexibility index (Phi) is 2.99. The highest BCUT2D eigenvalue weighted by molar-refractivity contribution is 14.1. The summed E-state index contributed by atoms with van der Waals surface area (Å²) >= 11 is 2.38. The summed E-state index contributed by atoms with van der Waals surface area (Å²) in [7, 11) is 2.16. The van der Waals surface area contributed by atoms with E-state index in [0.29, 0.717) is 5.92 Å². The molecule has 56 valence electrons. The lowest BCUT2D eigenvalue weighted by molar-refractivity contribution is 0.153. The average Bonchev–Trinajstić information content (AvgIpc) is 1.85. The molecule has 1 aliphatic carbocycles. The molecule has 0 aromatic rings. The molecule has 1 fully saturated rings. The molecule has 0 aromatic carbocycles. The van der Waals surface area contributed by atoms with Gasteiger partial charge < -0.3 is 0 Å². The minimum Gasteiger partial charge on any atom is -0.294 e. The summed E-state index contributed by atoms with van der Waals surface area (Å²) in [6.07, 6.45) is 7.68. The number of hydrogen-bond donors (Lipinski definition) is 0. The van der Waals surface area contributed by atoms with E-state index in [1.165, 1.54) is 12.8 Å². The van der Waals surface area contributed by atoms with Gasteiger partial charge in [-0.25, -0.2) is 0 Å². The highest BCUT2D eigenvalue weighted by Gasteiger charge is 2.29. The molecular formula is C8H12IN. The second-order valence-corrected chi connectivity index (χ2v) is 3.55. The van der Waals surface area contributed by atoms with Gasteiger partial charge in [0, 0.05) is 12.0 Å². The van der Waals surface area contributed by atoms with Crippen LogP contribution in [0.4, 0.5) is 0 Å². The van der Waals surface area contributed by atoms with Crippen LogP contribution in [0.1, 0.15) is 12.8 Å². The van der Waals surface area contributed by atoms with Crippen LogP contribution in [-0.2, 0) is 0 Å². The lowest BCUT2D eigenvalue weighted by Gasteiger charge is -2.37. The predicted octanol–water partition coefficient (Wildman–Crippen LogP) is 1.72. The van der Waals surface area contributed by atoms with Crippen LogP contribution in [0.5, 0.6) is 0 Å². The minimum absolute atomic E-state index is 0.565. The maximum absolute atomic E-state index is 5.27. The van der Waals surface area contributed by atoms with Crippen molar-refractivity contribution in [3.63, 3.8) is 0 Å².